The molecule has 0 radical (unpaired) electrons. The maximum atomic E-state index is 4.72. The van der Waals surface area contributed by atoms with Gasteiger partial charge in [-0.05, 0) is 39.3 Å². The molecule has 4 heterocycles. The van der Waals surface area contributed by atoms with Crippen molar-refractivity contribution in [1.82, 2.24) is 29.8 Å². The smallest absolute Gasteiger partial charge is 0.156 e. The Bertz CT molecular complexity index is 825. The first-order valence-corrected chi connectivity index (χ1v) is 9.07. The summed E-state index contributed by atoms with van der Waals surface area (Å²) in [5, 5.41) is 0. The van der Waals surface area contributed by atoms with E-state index in [1.54, 1.807) is 17.5 Å². The molecule has 0 aliphatic carbocycles. The Morgan fingerprint density at radius 1 is 1.29 bits per heavy atom. The molecule has 3 aromatic heterocycles. The summed E-state index contributed by atoms with van der Waals surface area (Å²) in [5.41, 5.74) is 5.03. The minimum Gasteiger partial charge on any atom is -0.343 e. The predicted molar refractivity (Wildman–Crippen MR) is 93.6 cm³/mol. The second kappa shape index (κ2) is 6.41. The monoisotopic (exact) mass is 340 g/mol. The standard InChI is InChI=1S/C17H20N6S/c1-11-16(24-10-20-11)9-23-7-3-4-15(23)13-8-14(22-12(2)21-13)17-18-5-6-19-17/h5-6,8,10,15H,3-4,7,9H2,1-2H3,(H,18,19)/t15-/m0/s1. The zero-order valence-electron chi connectivity index (χ0n) is 13.9. The molecule has 4 rings (SSSR count). The first-order chi connectivity index (χ1) is 11.7. The summed E-state index contributed by atoms with van der Waals surface area (Å²) < 4.78 is 0. The molecule has 3 aromatic rings. The molecule has 0 saturated carbocycles. The predicted octanol–water partition coefficient (Wildman–Crippen LogP) is 3.28. The van der Waals surface area contributed by atoms with Gasteiger partial charge in [-0.2, -0.15) is 0 Å². The highest BCUT2D eigenvalue weighted by molar-refractivity contribution is 7.09. The summed E-state index contributed by atoms with van der Waals surface area (Å²) in [5.74, 6) is 1.59. The average Bonchev–Trinajstić information content (AvgIpc) is 3.30. The lowest BCUT2D eigenvalue weighted by atomic mass is 10.1. The van der Waals surface area contributed by atoms with Gasteiger partial charge in [-0.3, -0.25) is 4.90 Å². The third kappa shape index (κ3) is 2.97. The summed E-state index contributed by atoms with van der Waals surface area (Å²) in [4.78, 5) is 24.9. The summed E-state index contributed by atoms with van der Waals surface area (Å²) in [6.07, 6.45) is 5.90. The average molecular weight is 340 g/mol. The molecular weight excluding hydrogens is 320 g/mol. The van der Waals surface area contributed by atoms with E-state index >= 15 is 0 Å². The van der Waals surface area contributed by atoms with Crippen molar-refractivity contribution in [2.75, 3.05) is 6.54 Å². The molecule has 1 aliphatic rings. The lowest BCUT2D eigenvalue weighted by Crippen LogP contribution is -2.23. The van der Waals surface area contributed by atoms with Crippen LogP contribution in [-0.2, 0) is 6.54 Å². The van der Waals surface area contributed by atoms with Crippen LogP contribution in [-0.4, -0.2) is 36.4 Å². The van der Waals surface area contributed by atoms with E-state index in [9.17, 15) is 0 Å². The molecule has 1 fully saturated rings. The number of aryl methyl sites for hydroxylation is 2. The quantitative estimate of drug-likeness (QED) is 0.789. The van der Waals surface area contributed by atoms with Crippen LogP contribution in [0.2, 0.25) is 0 Å². The van der Waals surface area contributed by atoms with Gasteiger partial charge in [-0.25, -0.2) is 19.9 Å². The van der Waals surface area contributed by atoms with Crippen LogP contribution in [0.15, 0.2) is 24.0 Å². The fourth-order valence-corrected chi connectivity index (χ4v) is 4.10. The van der Waals surface area contributed by atoms with E-state index in [0.717, 1.165) is 48.2 Å². The van der Waals surface area contributed by atoms with Gasteiger partial charge in [0.1, 0.15) is 11.5 Å². The Kier molecular flexibility index (Phi) is 4.12. The molecule has 0 unspecified atom stereocenters. The molecule has 0 amide bonds. The van der Waals surface area contributed by atoms with E-state index in [-0.39, 0.29) is 0 Å². The number of nitrogens with one attached hydrogen (secondary N) is 1. The van der Waals surface area contributed by atoms with E-state index in [2.05, 4.69) is 37.8 Å². The van der Waals surface area contributed by atoms with Crippen molar-refractivity contribution in [2.45, 2.75) is 39.3 Å². The number of imidazole rings is 1. The van der Waals surface area contributed by atoms with Crippen molar-refractivity contribution in [1.29, 1.82) is 0 Å². The molecule has 1 saturated heterocycles. The van der Waals surface area contributed by atoms with Gasteiger partial charge >= 0.3 is 0 Å². The number of likely N-dealkylation sites (tertiary alicyclic amines) is 1. The molecular formula is C17H20N6S. The summed E-state index contributed by atoms with van der Waals surface area (Å²) in [6.45, 7) is 6.07. The Morgan fingerprint density at radius 2 is 2.21 bits per heavy atom. The van der Waals surface area contributed by atoms with Crippen LogP contribution in [0.4, 0.5) is 0 Å². The molecule has 1 aliphatic heterocycles. The Labute approximate surface area is 145 Å². The third-order valence-corrected chi connectivity index (χ3v) is 5.42. The fourth-order valence-electron chi connectivity index (χ4n) is 3.30. The Morgan fingerprint density at radius 3 is 2.96 bits per heavy atom. The molecule has 24 heavy (non-hydrogen) atoms. The van der Waals surface area contributed by atoms with Crippen LogP contribution < -0.4 is 0 Å². The maximum absolute atomic E-state index is 4.72. The lowest BCUT2D eigenvalue weighted by molar-refractivity contribution is 0.245. The minimum atomic E-state index is 0.335. The van der Waals surface area contributed by atoms with Crippen LogP contribution in [0.25, 0.3) is 11.5 Å². The van der Waals surface area contributed by atoms with Crippen LogP contribution in [0.5, 0.6) is 0 Å². The number of nitrogens with zero attached hydrogens (tertiary/aromatic N) is 5. The van der Waals surface area contributed by atoms with Gasteiger partial charge in [0.05, 0.1) is 22.9 Å². The molecule has 1 N–H and O–H groups in total. The first kappa shape index (κ1) is 15.4. The lowest BCUT2D eigenvalue weighted by Gasteiger charge is -2.24. The highest BCUT2D eigenvalue weighted by Crippen LogP contribution is 2.34. The largest absolute Gasteiger partial charge is 0.343 e. The SMILES string of the molecule is Cc1nc(-c2ncc[nH]2)cc([C@@H]2CCCN2Cc2scnc2C)n1. The van der Waals surface area contributed by atoms with Gasteiger partial charge in [0.2, 0.25) is 0 Å². The van der Waals surface area contributed by atoms with Crippen molar-refractivity contribution >= 4 is 11.3 Å². The third-order valence-electron chi connectivity index (χ3n) is 4.50. The van der Waals surface area contributed by atoms with Crippen LogP contribution >= 0.6 is 11.3 Å². The van der Waals surface area contributed by atoms with E-state index in [4.69, 9.17) is 4.98 Å². The van der Waals surface area contributed by atoms with E-state index in [1.165, 1.54) is 11.3 Å². The molecule has 6 nitrogen and oxygen atoms in total. The summed E-state index contributed by atoms with van der Waals surface area (Å²) in [7, 11) is 0. The highest BCUT2D eigenvalue weighted by atomic mass is 32.1. The van der Waals surface area contributed by atoms with Crippen molar-refractivity contribution < 1.29 is 0 Å². The molecule has 1 atom stereocenters. The topological polar surface area (TPSA) is 70.6 Å². The molecule has 7 heteroatoms. The Hall–Kier alpha value is -2.12. The fraction of sp³-hybridized carbons (Fsp3) is 0.412. The molecule has 124 valence electrons. The normalized spacial score (nSPS) is 18.3. The maximum Gasteiger partial charge on any atom is 0.156 e. The van der Waals surface area contributed by atoms with Crippen molar-refractivity contribution in [3.05, 3.63) is 46.1 Å². The van der Waals surface area contributed by atoms with E-state index < -0.39 is 0 Å². The minimum absolute atomic E-state index is 0.335. The molecule has 0 aromatic carbocycles. The zero-order valence-corrected chi connectivity index (χ0v) is 14.7. The van der Waals surface area contributed by atoms with E-state index in [0.29, 0.717) is 6.04 Å². The Balaban J connectivity index is 1.63. The number of H-pyrrole nitrogens is 1. The molecule has 0 bridgehead atoms. The number of hydrogen-bond acceptors (Lipinski definition) is 6. The summed E-state index contributed by atoms with van der Waals surface area (Å²) >= 11 is 1.74. The van der Waals surface area contributed by atoms with Gasteiger partial charge < -0.3 is 4.98 Å². The second-order valence-corrected chi connectivity index (χ2v) is 7.09. The number of thiazole rings is 1. The summed E-state index contributed by atoms with van der Waals surface area (Å²) in [6, 6.07) is 2.41. The second-order valence-electron chi connectivity index (χ2n) is 6.15. The number of aromatic amines is 1. The first-order valence-electron chi connectivity index (χ1n) is 8.19. The van der Waals surface area contributed by atoms with Crippen molar-refractivity contribution in [3.8, 4) is 11.5 Å². The van der Waals surface area contributed by atoms with Crippen molar-refractivity contribution in [2.24, 2.45) is 0 Å². The number of aromatic nitrogens is 5. The van der Waals surface area contributed by atoms with Gasteiger partial charge in [0, 0.05) is 23.8 Å². The van der Waals surface area contributed by atoms with Gasteiger partial charge in [0.15, 0.2) is 5.82 Å². The van der Waals surface area contributed by atoms with E-state index in [1.807, 2.05) is 18.6 Å². The van der Waals surface area contributed by atoms with Crippen molar-refractivity contribution in [3.63, 3.8) is 0 Å². The highest BCUT2D eigenvalue weighted by Gasteiger charge is 2.28. The molecule has 0 spiro atoms. The van der Waals surface area contributed by atoms with Gasteiger partial charge in [-0.1, -0.05) is 0 Å². The van der Waals surface area contributed by atoms with Crippen LogP contribution in [0.3, 0.4) is 0 Å². The number of rotatable bonds is 4. The van der Waals surface area contributed by atoms with Gasteiger partial charge in [0.25, 0.3) is 0 Å². The van der Waals surface area contributed by atoms with Crippen LogP contribution in [0.1, 0.15) is 41.0 Å². The zero-order chi connectivity index (χ0) is 16.5. The number of hydrogen-bond donors (Lipinski definition) is 1. The van der Waals surface area contributed by atoms with Gasteiger partial charge in [-0.15, -0.1) is 11.3 Å². The van der Waals surface area contributed by atoms with Crippen LogP contribution in [0, 0.1) is 13.8 Å².